The molecule has 0 aliphatic heterocycles. The summed E-state index contributed by atoms with van der Waals surface area (Å²) in [5.74, 6) is 6.22. The predicted molar refractivity (Wildman–Crippen MR) is 66.1 cm³/mol. The van der Waals surface area contributed by atoms with Crippen molar-refractivity contribution < 1.29 is 0 Å². The van der Waals surface area contributed by atoms with Crippen LogP contribution in [0.4, 0.5) is 0 Å². The summed E-state index contributed by atoms with van der Waals surface area (Å²) < 4.78 is 0.992. The van der Waals surface area contributed by atoms with E-state index in [0.29, 0.717) is 5.92 Å². The quantitative estimate of drug-likeness (QED) is 0.640. The molecule has 1 aromatic rings. The summed E-state index contributed by atoms with van der Waals surface area (Å²) in [5, 5.41) is 0. The van der Waals surface area contributed by atoms with Crippen molar-refractivity contribution in [3.05, 3.63) is 28.5 Å². The van der Waals surface area contributed by atoms with E-state index in [1.807, 2.05) is 12.1 Å². The second-order valence-corrected chi connectivity index (χ2v) is 5.01. The molecule has 1 atom stereocenters. The molecular formula is C11H18BrN3. The van der Waals surface area contributed by atoms with E-state index < -0.39 is 0 Å². The van der Waals surface area contributed by atoms with Crippen LogP contribution >= 0.6 is 15.9 Å². The number of pyridine rings is 1. The van der Waals surface area contributed by atoms with Crippen molar-refractivity contribution in [1.82, 2.24) is 10.4 Å². The third kappa shape index (κ3) is 4.28. The minimum absolute atomic E-state index is 0.153. The second-order valence-electron chi connectivity index (χ2n) is 4.09. The number of hydrogen-bond donors (Lipinski definition) is 2. The Balaban J connectivity index is 2.61. The van der Waals surface area contributed by atoms with Crippen LogP contribution in [-0.4, -0.2) is 4.98 Å². The standard InChI is InChI=1S/C11H18BrN3/c1-8(2)3-5-11(15-13)10-6-4-9(12)7-14-10/h4,6-8,11,15H,3,5,13H2,1-2H3. The van der Waals surface area contributed by atoms with Gasteiger partial charge >= 0.3 is 0 Å². The van der Waals surface area contributed by atoms with Crippen LogP contribution in [-0.2, 0) is 0 Å². The summed E-state index contributed by atoms with van der Waals surface area (Å²) in [5.41, 5.74) is 3.82. The Hall–Kier alpha value is -0.450. The molecule has 0 saturated carbocycles. The zero-order valence-corrected chi connectivity index (χ0v) is 10.8. The lowest BCUT2D eigenvalue weighted by Crippen LogP contribution is -2.28. The number of nitrogens with zero attached hydrogens (tertiary/aromatic N) is 1. The molecule has 0 bridgehead atoms. The molecule has 0 aromatic carbocycles. The Morgan fingerprint density at radius 1 is 1.40 bits per heavy atom. The van der Waals surface area contributed by atoms with Gasteiger partial charge in [0.15, 0.2) is 0 Å². The van der Waals surface area contributed by atoms with Crippen LogP contribution in [0.2, 0.25) is 0 Å². The third-order valence-corrected chi connectivity index (χ3v) is 2.81. The van der Waals surface area contributed by atoms with Crippen molar-refractivity contribution in [3.63, 3.8) is 0 Å². The fraction of sp³-hybridized carbons (Fsp3) is 0.545. The van der Waals surface area contributed by atoms with Crippen LogP contribution in [0, 0.1) is 5.92 Å². The smallest absolute Gasteiger partial charge is 0.0632 e. The maximum atomic E-state index is 5.53. The van der Waals surface area contributed by atoms with E-state index in [-0.39, 0.29) is 6.04 Å². The summed E-state index contributed by atoms with van der Waals surface area (Å²) in [4.78, 5) is 4.34. The van der Waals surface area contributed by atoms with Crippen molar-refractivity contribution in [1.29, 1.82) is 0 Å². The lowest BCUT2D eigenvalue weighted by atomic mass is 10.0. The fourth-order valence-electron chi connectivity index (χ4n) is 1.41. The van der Waals surface area contributed by atoms with Crippen molar-refractivity contribution in [2.45, 2.75) is 32.7 Å². The van der Waals surface area contributed by atoms with E-state index in [9.17, 15) is 0 Å². The number of nitrogens with two attached hydrogens (primary N) is 1. The van der Waals surface area contributed by atoms with E-state index in [0.717, 1.165) is 23.0 Å². The first-order valence-electron chi connectivity index (χ1n) is 5.21. The first-order valence-corrected chi connectivity index (χ1v) is 6.00. The molecule has 1 heterocycles. The Morgan fingerprint density at radius 2 is 2.13 bits per heavy atom. The van der Waals surface area contributed by atoms with Crippen LogP contribution in [0.1, 0.15) is 38.4 Å². The highest BCUT2D eigenvalue weighted by atomic mass is 79.9. The molecule has 0 spiro atoms. The van der Waals surface area contributed by atoms with E-state index in [2.05, 4.69) is 40.2 Å². The van der Waals surface area contributed by atoms with Gasteiger partial charge < -0.3 is 0 Å². The van der Waals surface area contributed by atoms with E-state index in [1.165, 1.54) is 0 Å². The van der Waals surface area contributed by atoms with Crippen LogP contribution in [0.3, 0.4) is 0 Å². The summed E-state index contributed by atoms with van der Waals surface area (Å²) in [6.45, 7) is 4.42. The molecule has 1 rings (SSSR count). The molecule has 0 fully saturated rings. The van der Waals surface area contributed by atoms with Gasteiger partial charge in [-0.2, -0.15) is 0 Å². The second kappa shape index (κ2) is 6.20. The molecule has 1 aromatic heterocycles. The van der Waals surface area contributed by atoms with Gasteiger partial charge in [-0.15, -0.1) is 0 Å². The molecule has 0 amide bonds. The monoisotopic (exact) mass is 271 g/mol. The Kier molecular flexibility index (Phi) is 5.22. The van der Waals surface area contributed by atoms with Crippen molar-refractivity contribution in [2.75, 3.05) is 0 Å². The summed E-state index contributed by atoms with van der Waals surface area (Å²) in [6.07, 6.45) is 3.96. The number of halogens is 1. The molecule has 1 unspecified atom stereocenters. The van der Waals surface area contributed by atoms with E-state index >= 15 is 0 Å². The topological polar surface area (TPSA) is 50.9 Å². The van der Waals surface area contributed by atoms with E-state index in [1.54, 1.807) is 6.20 Å². The normalized spacial score (nSPS) is 13.1. The predicted octanol–water partition coefficient (Wildman–Crippen LogP) is 2.78. The van der Waals surface area contributed by atoms with Crippen molar-refractivity contribution in [3.8, 4) is 0 Å². The maximum absolute atomic E-state index is 5.53. The Labute approximate surface area is 99.6 Å². The lowest BCUT2D eigenvalue weighted by Gasteiger charge is -2.16. The van der Waals surface area contributed by atoms with Gasteiger partial charge in [-0.25, -0.2) is 0 Å². The number of hydrazine groups is 1. The van der Waals surface area contributed by atoms with Gasteiger partial charge in [-0.05, 0) is 46.8 Å². The zero-order valence-electron chi connectivity index (χ0n) is 9.20. The molecule has 0 radical (unpaired) electrons. The summed E-state index contributed by atoms with van der Waals surface area (Å²) >= 11 is 3.36. The maximum Gasteiger partial charge on any atom is 0.0632 e. The third-order valence-electron chi connectivity index (χ3n) is 2.34. The fourth-order valence-corrected chi connectivity index (χ4v) is 1.64. The average molecular weight is 272 g/mol. The van der Waals surface area contributed by atoms with Crippen LogP contribution < -0.4 is 11.3 Å². The van der Waals surface area contributed by atoms with Gasteiger partial charge in [-0.3, -0.25) is 16.3 Å². The van der Waals surface area contributed by atoms with Gasteiger partial charge in [0, 0.05) is 10.7 Å². The number of rotatable bonds is 5. The zero-order chi connectivity index (χ0) is 11.3. The molecule has 0 aliphatic rings. The van der Waals surface area contributed by atoms with Crippen molar-refractivity contribution in [2.24, 2.45) is 11.8 Å². The minimum Gasteiger partial charge on any atom is -0.271 e. The molecule has 0 aliphatic carbocycles. The molecule has 3 N–H and O–H groups in total. The largest absolute Gasteiger partial charge is 0.271 e. The highest BCUT2D eigenvalue weighted by Gasteiger charge is 2.11. The molecule has 0 saturated heterocycles. The Bertz CT molecular complexity index is 284. The molecule has 15 heavy (non-hydrogen) atoms. The average Bonchev–Trinajstić information content (AvgIpc) is 2.21. The van der Waals surface area contributed by atoms with Gasteiger partial charge in [-0.1, -0.05) is 13.8 Å². The number of aromatic nitrogens is 1. The van der Waals surface area contributed by atoms with Crippen LogP contribution in [0.25, 0.3) is 0 Å². The van der Waals surface area contributed by atoms with E-state index in [4.69, 9.17) is 5.84 Å². The number of nitrogens with one attached hydrogen (secondary N) is 1. The number of hydrogen-bond acceptors (Lipinski definition) is 3. The molecule has 3 nitrogen and oxygen atoms in total. The lowest BCUT2D eigenvalue weighted by molar-refractivity contribution is 0.441. The molecule has 84 valence electrons. The summed E-state index contributed by atoms with van der Waals surface area (Å²) in [7, 11) is 0. The van der Waals surface area contributed by atoms with Gasteiger partial charge in [0.1, 0.15) is 0 Å². The summed E-state index contributed by atoms with van der Waals surface area (Å²) in [6, 6.07) is 4.14. The molecular weight excluding hydrogens is 254 g/mol. The first-order chi connectivity index (χ1) is 7.13. The first kappa shape index (κ1) is 12.6. The highest BCUT2D eigenvalue weighted by molar-refractivity contribution is 9.10. The van der Waals surface area contributed by atoms with Gasteiger partial charge in [0.2, 0.25) is 0 Å². The molecule has 4 heteroatoms. The van der Waals surface area contributed by atoms with Gasteiger partial charge in [0.05, 0.1) is 11.7 Å². The van der Waals surface area contributed by atoms with Gasteiger partial charge in [0.25, 0.3) is 0 Å². The highest BCUT2D eigenvalue weighted by Crippen LogP contribution is 2.19. The Morgan fingerprint density at radius 3 is 2.60 bits per heavy atom. The van der Waals surface area contributed by atoms with Crippen LogP contribution in [0.15, 0.2) is 22.8 Å². The van der Waals surface area contributed by atoms with Crippen molar-refractivity contribution >= 4 is 15.9 Å². The minimum atomic E-state index is 0.153. The SMILES string of the molecule is CC(C)CCC(NN)c1ccc(Br)cn1. The van der Waals surface area contributed by atoms with Crippen LogP contribution in [0.5, 0.6) is 0 Å².